The molecular weight excluding hydrogens is 725 g/mol. The maximum absolute atomic E-state index is 12.7. The Morgan fingerprint density at radius 1 is 0.554 bits per heavy atom. The molecule has 0 bridgehead atoms. The molecule has 56 heavy (non-hydrogen) atoms. The molecule has 0 aliphatic heterocycles. The number of esters is 2. The maximum Gasteiger partial charge on any atom is 0.472 e. The van der Waals surface area contributed by atoms with Crippen molar-refractivity contribution in [3.63, 3.8) is 0 Å². The first kappa shape index (κ1) is 54.2. The minimum atomic E-state index is -4.38. The second kappa shape index (κ2) is 38.7. The number of carbonyl (C=O) groups excluding carboxylic acids is 2. The summed E-state index contributed by atoms with van der Waals surface area (Å²) < 4.78 is 34.3. The van der Waals surface area contributed by atoms with E-state index in [1.165, 1.54) is 103 Å². The van der Waals surface area contributed by atoms with Gasteiger partial charge in [-0.15, -0.1) is 0 Å². The lowest BCUT2D eigenvalue weighted by molar-refractivity contribution is -0.870. The Hall–Kier alpha value is -1.77. The van der Waals surface area contributed by atoms with Crippen LogP contribution in [0.4, 0.5) is 0 Å². The standard InChI is InChI=1S/C46H86NO8P/c1-6-8-10-12-14-16-18-20-22-23-25-27-29-31-33-35-37-39-46(49)55-44(43-54-56(50,51)53-41-40-47(3,4)5)42-52-45(48)38-36-34-32-30-28-26-24-21-19-17-15-13-11-9-7-2/h14,16,20,22,25,27,44H,6-13,15,17-19,21,23-24,26,28-43H2,1-5H3/p+1/b16-14-,22-20-,27-25-. The summed E-state index contributed by atoms with van der Waals surface area (Å²) in [4.78, 5) is 35.4. The summed E-state index contributed by atoms with van der Waals surface area (Å²) in [5.74, 6) is -0.819. The van der Waals surface area contributed by atoms with Gasteiger partial charge in [-0.1, -0.05) is 166 Å². The Labute approximate surface area is 344 Å². The highest BCUT2D eigenvalue weighted by molar-refractivity contribution is 7.47. The van der Waals surface area contributed by atoms with Crippen molar-refractivity contribution < 1.29 is 42.1 Å². The zero-order valence-corrected chi connectivity index (χ0v) is 37.8. The third kappa shape index (κ3) is 41.9. The molecule has 0 radical (unpaired) electrons. The molecule has 0 rings (SSSR count). The van der Waals surface area contributed by atoms with E-state index in [0.717, 1.165) is 57.8 Å². The normalized spacial score (nSPS) is 13.9. The van der Waals surface area contributed by atoms with Crippen molar-refractivity contribution in [2.24, 2.45) is 0 Å². The fourth-order valence-electron chi connectivity index (χ4n) is 6.08. The van der Waals surface area contributed by atoms with E-state index in [-0.39, 0.29) is 32.0 Å². The van der Waals surface area contributed by atoms with E-state index < -0.39 is 26.5 Å². The van der Waals surface area contributed by atoms with Crippen LogP contribution in [-0.4, -0.2) is 74.9 Å². The Morgan fingerprint density at radius 2 is 0.964 bits per heavy atom. The molecule has 0 saturated carbocycles. The second-order valence-corrected chi connectivity index (χ2v) is 17.9. The first-order valence-electron chi connectivity index (χ1n) is 22.7. The Morgan fingerprint density at radius 3 is 1.46 bits per heavy atom. The third-order valence-electron chi connectivity index (χ3n) is 9.67. The molecule has 0 aromatic heterocycles. The molecule has 9 nitrogen and oxygen atoms in total. The van der Waals surface area contributed by atoms with E-state index in [0.29, 0.717) is 17.4 Å². The highest BCUT2D eigenvalue weighted by atomic mass is 31.2. The van der Waals surface area contributed by atoms with Gasteiger partial charge in [-0.3, -0.25) is 18.6 Å². The van der Waals surface area contributed by atoms with Gasteiger partial charge in [0.25, 0.3) is 0 Å². The third-order valence-corrected chi connectivity index (χ3v) is 10.7. The van der Waals surface area contributed by atoms with Gasteiger partial charge in [0, 0.05) is 12.8 Å². The quantitative estimate of drug-likeness (QED) is 0.0214. The van der Waals surface area contributed by atoms with Crippen LogP contribution in [0.1, 0.15) is 194 Å². The van der Waals surface area contributed by atoms with Crippen molar-refractivity contribution in [2.75, 3.05) is 47.5 Å². The van der Waals surface area contributed by atoms with E-state index in [1.807, 2.05) is 21.1 Å². The van der Waals surface area contributed by atoms with Gasteiger partial charge in [-0.25, -0.2) is 4.57 Å². The van der Waals surface area contributed by atoms with Crippen LogP contribution in [-0.2, 0) is 32.7 Å². The van der Waals surface area contributed by atoms with Gasteiger partial charge in [0.15, 0.2) is 6.10 Å². The molecule has 0 aliphatic rings. The van der Waals surface area contributed by atoms with Crippen LogP contribution in [0.3, 0.4) is 0 Å². The van der Waals surface area contributed by atoms with Crippen LogP contribution in [0, 0.1) is 0 Å². The van der Waals surface area contributed by atoms with Crippen LogP contribution in [0.25, 0.3) is 0 Å². The average molecular weight is 813 g/mol. The number of phosphoric ester groups is 1. The van der Waals surface area contributed by atoms with Crippen LogP contribution in [0.15, 0.2) is 36.5 Å². The van der Waals surface area contributed by atoms with E-state index in [9.17, 15) is 19.0 Å². The first-order valence-corrected chi connectivity index (χ1v) is 24.2. The van der Waals surface area contributed by atoms with Crippen LogP contribution >= 0.6 is 7.82 Å². The lowest BCUT2D eigenvalue weighted by atomic mass is 10.0. The Bertz CT molecular complexity index is 1050. The summed E-state index contributed by atoms with van der Waals surface area (Å²) in [5.41, 5.74) is 0. The number of ether oxygens (including phenoxy) is 2. The molecule has 0 aromatic carbocycles. The summed E-state index contributed by atoms with van der Waals surface area (Å²) >= 11 is 0. The SMILES string of the molecule is CCCCC/C=C\C/C=C\C/C=C\CCCCCCC(=O)OC(COC(=O)CCCCCCCCCCCCCCCCC)COP(=O)(O)OCC[N+](C)(C)C. The van der Waals surface area contributed by atoms with E-state index in [4.69, 9.17) is 18.5 Å². The smallest absolute Gasteiger partial charge is 0.462 e. The number of unbranched alkanes of at least 4 members (excludes halogenated alkanes) is 21. The fraction of sp³-hybridized carbons (Fsp3) is 0.826. The summed E-state index contributed by atoms with van der Waals surface area (Å²) in [7, 11) is 1.46. The van der Waals surface area contributed by atoms with Crippen molar-refractivity contribution in [2.45, 2.75) is 200 Å². The molecule has 0 fully saturated rings. The zero-order chi connectivity index (χ0) is 41.4. The summed E-state index contributed by atoms with van der Waals surface area (Å²) in [6, 6.07) is 0. The first-order chi connectivity index (χ1) is 27.0. The predicted molar refractivity (Wildman–Crippen MR) is 234 cm³/mol. The Balaban J connectivity index is 4.38. The van der Waals surface area contributed by atoms with E-state index >= 15 is 0 Å². The number of carbonyl (C=O) groups is 2. The molecule has 0 aromatic rings. The molecule has 0 aliphatic carbocycles. The van der Waals surface area contributed by atoms with Crippen molar-refractivity contribution >= 4 is 19.8 Å². The maximum atomic E-state index is 12.7. The zero-order valence-electron chi connectivity index (χ0n) is 36.9. The number of hydrogen-bond acceptors (Lipinski definition) is 7. The number of rotatable bonds is 41. The molecule has 0 spiro atoms. The molecule has 0 amide bonds. The molecule has 0 heterocycles. The van der Waals surface area contributed by atoms with Crippen molar-refractivity contribution in [1.82, 2.24) is 0 Å². The average Bonchev–Trinajstić information content (AvgIpc) is 3.15. The van der Waals surface area contributed by atoms with Crippen molar-refractivity contribution in [1.29, 1.82) is 0 Å². The summed E-state index contributed by atoms with van der Waals surface area (Å²) in [6.45, 7) is 4.38. The molecule has 2 atom stereocenters. The summed E-state index contributed by atoms with van der Waals surface area (Å²) in [6.07, 6.45) is 43.3. The van der Waals surface area contributed by atoms with Gasteiger partial charge >= 0.3 is 19.8 Å². The summed E-state index contributed by atoms with van der Waals surface area (Å²) in [5, 5.41) is 0. The molecule has 1 N–H and O–H groups in total. The topological polar surface area (TPSA) is 108 Å². The van der Waals surface area contributed by atoms with E-state index in [1.54, 1.807) is 0 Å². The highest BCUT2D eigenvalue weighted by Crippen LogP contribution is 2.43. The van der Waals surface area contributed by atoms with Gasteiger partial charge in [0.1, 0.15) is 19.8 Å². The highest BCUT2D eigenvalue weighted by Gasteiger charge is 2.27. The lowest BCUT2D eigenvalue weighted by Crippen LogP contribution is -2.37. The van der Waals surface area contributed by atoms with Crippen LogP contribution in [0.2, 0.25) is 0 Å². The molecule has 2 unspecified atom stereocenters. The van der Waals surface area contributed by atoms with Gasteiger partial charge in [-0.2, -0.15) is 0 Å². The largest absolute Gasteiger partial charge is 0.472 e. The number of hydrogen-bond donors (Lipinski definition) is 1. The lowest BCUT2D eigenvalue weighted by Gasteiger charge is -2.24. The number of allylic oxidation sites excluding steroid dienone is 6. The minimum absolute atomic E-state index is 0.0277. The number of nitrogens with zero attached hydrogens (tertiary/aromatic N) is 1. The van der Waals surface area contributed by atoms with Gasteiger partial charge in [-0.05, 0) is 51.4 Å². The predicted octanol–water partition coefficient (Wildman–Crippen LogP) is 12.9. The molecule has 0 saturated heterocycles. The number of likely N-dealkylation sites (N-methyl/N-ethyl adjacent to an activating group) is 1. The van der Waals surface area contributed by atoms with Gasteiger partial charge in [0.2, 0.25) is 0 Å². The Kier molecular flexibility index (Phi) is 37.5. The number of phosphoric acid groups is 1. The molecular formula is C46H87NO8P+. The number of quaternary nitrogens is 1. The van der Waals surface area contributed by atoms with Crippen molar-refractivity contribution in [3.05, 3.63) is 36.5 Å². The minimum Gasteiger partial charge on any atom is -0.462 e. The second-order valence-electron chi connectivity index (χ2n) is 16.4. The van der Waals surface area contributed by atoms with Crippen molar-refractivity contribution in [3.8, 4) is 0 Å². The molecule has 10 heteroatoms. The van der Waals surface area contributed by atoms with Crippen LogP contribution in [0.5, 0.6) is 0 Å². The van der Waals surface area contributed by atoms with E-state index in [2.05, 4.69) is 50.3 Å². The van der Waals surface area contributed by atoms with Gasteiger partial charge < -0.3 is 18.9 Å². The fourth-order valence-corrected chi connectivity index (χ4v) is 6.82. The molecule has 328 valence electrons. The van der Waals surface area contributed by atoms with Crippen LogP contribution < -0.4 is 0 Å². The monoisotopic (exact) mass is 813 g/mol. The van der Waals surface area contributed by atoms with Gasteiger partial charge in [0.05, 0.1) is 27.7 Å².